The topological polar surface area (TPSA) is 50.2 Å². The van der Waals surface area contributed by atoms with Crippen molar-refractivity contribution in [1.29, 1.82) is 0 Å². The van der Waals surface area contributed by atoms with Gasteiger partial charge in [-0.3, -0.25) is 0 Å². The number of urea groups is 1. The SMILES string of the molecule is Cn1c(-c2ccccc2)nc2c1CN(C(=O)NCCc1ccccc1)CC2. The van der Waals surface area contributed by atoms with Crippen molar-refractivity contribution in [2.75, 3.05) is 13.1 Å². The summed E-state index contributed by atoms with van der Waals surface area (Å²) in [6.45, 7) is 1.95. The van der Waals surface area contributed by atoms with Crippen molar-refractivity contribution >= 4 is 6.03 Å². The highest BCUT2D eigenvalue weighted by atomic mass is 16.2. The minimum absolute atomic E-state index is 0.000887. The zero-order chi connectivity index (χ0) is 18.6. The van der Waals surface area contributed by atoms with E-state index >= 15 is 0 Å². The molecule has 2 aromatic carbocycles. The molecule has 3 aromatic rings. The number of fused-ring (bicyclic) bond motifs is 1. The maximum Gasteiger partial charge on any atom is 0.317 e. The van der Waals surface area contributed by atoms with Gasteiger partial charge in [0.1, 0.15) is 5.82 Å². The molecule has 0 radical (unpaired) electrons. The number of hydrogen-bond donors (Lipinski definition) is 1. The average molecular weight is 360 g/mol. The first-order chi connectivity index (χ1) is 13.2. The van der Waals surface area contributed by atoms with Crippen molar-refractivity contribution in [1.82, 2.24) is 19.8 Å². The number of rotatable bonds is 4. The lowest BCUT2D eigenvalue weighted by Crippen LogP contribution is -2.43. The molecule has 0 bridgehead atoms. The molecule has 4 rings (SSSR count). The van der Waals surface area contributed by atoms with Crippen molar-refractivity contribution in [2.45, 2.75) is 19.4 Å². The van der Waals surface area contributed by atoms with Gasteiger partial charge in [0.25, 0.3) is 0 Å². The highest BCUT2D eigenvalue weighted by molar-refractivity contribution is 5.74. The minimum Gasteiger partial charge on any atom is -0.338 e. The second-order valence-corrected chi connectivity index (χ2v) is 6.89. The predicted molar refractivity (Wildman–Crippen MR) is 106 cm³/mol. The van der Waals surface area contributed by atoms with Crippen LogP contribution in [-0.4, -0.2) is 33.6 Å². The van der Waals surface area contributed by atoms with Crippen LogP contribution in [0, 0.1) is 0 Å². The van der Waals surface area contributed by atoms with Crippen LogP contribution in [0.4, 0.5) is 4.79 Å². The molecule has 5 heteroatoms. The van der Waals surface area contributed by atoms with Crippen LogP contribution in [0.1, 0.15) is 17.0 Å². The van der Waals surface area contributed by atoms with Crippen LogP contribution in [0.25, 0.3) is 11.4 Å². The van der Waals surface area contributed by atoms with Crippen molar-refractivity contribution in [2.24, 2.45) is 7.05 Å². The highest BCUT2D eigenvalue weighted by Crippen LogP contribution is 2.25. The van der Waals surface area contributed by atoms with Crippen molar-refractivity contribution in [3.05, 3.63) is 77.6 Å². The maximum absolute atomic E-state index is 12.6. The molecular weight excluding hydrogens is 336 g/mol. The largest absolute Gasteiger partial charge is 0.338 e. The van der Waals surface area contributed by atoms with Gasteiger partial charge in [-0.25, -0.2) is 9.78 Å². The predicted octanol–water partition coefficient (Wildman–Crippen LogP) is 3.40. The normalized spacial score (nSPS) is 13.3. The van der Waals surface area contributed by atoms with Crippen molar-refractivity contribution < 1.29 is 4.79 Å². The zero-order valence-corrected chi connectivity index (χ0v) is 15.6. The molecule has 0 fully saturated rings. The van der Waals surface area contributed by atoms with Gasteiger partial charge in [0, 0.05) is 32.1 Å². The number of amides is 2. The minimum atomic E-state index is -0.000887. The molecule has 2 amide bonds. The number of nitrogens with zero attached hydrogens (tertiary/aromatic N) is 3. The van der Waals surface area contributed by atoms with Gasteiger partial charge in [-0.15, -0.1) is 0 Å². The standard InChI is InChI=1S/C22H24N4O/c1-25-20-16-26(22(27)23-14-12-17-8-4-2-5-9-17)15-13-19(20)24-21(25)18-10-6-3-7-11-18/h2-11H,12-16H2,1H3,(H,23,27). The third kappa shape index (κ3) is 3.72. The van der Waals surface area contributed by atoms with Crippen LogP contribution in [0.15, 0.2) is 60.7 Å². The van der Waals surface area contributed by atoms with Crippen LogP contribution in [0.2, 0.25) is 0 Å². The molecule has 1 aliphatic rings. The number of benzene rings is 2. The Labute approximate surface area is 159 Å². The molecule has 0 spiro atoms. The number of carbonyl (C=O) groups excluding carboxylic acids is 1. The summed E-state index contributed by atoms with van der Waals surface area (Å²) in [5.41, 5.74) is 4.56. The first kappa shape index (κ1) is 17.3. The van der Waals surface area contributed by atoms with E-state index in [9.17, 15) is 4.79 Å². The number of imidazole rings is 1. The fourth-order valence-corrected chi connectivity index (χ4v) is 3.58. The van der Waals surface area contributed by atoms with Gasteiger partial charge in [0.15, 0.2) is 0 Å². The lowest BCUT2D eigenvalue weighted by Gasteiger charge is -2.27. The number of aromatic nitrogens is 2. The van der Waals surface area contributed by atoms with Crippen LogP contribution >= 0.6 is 0 Å². The van der Waals surface area contributed by atoms with Crippen molar-refractivity contribution in [3.8, 4) is 11.4 Å². The fraction of sp³-hybridized carbons (Fsp3) is 0.273. The molecule has 27 heavy (non-hydrogen) atoms. The molecular formula is C22H24N4O. The molecule has 0 atom stereocenters. The quantitative estimate of drug-likeness (QED) is 0.775. The van der Waals surface area contributed by atoms with Gasteiger partial charge in [0.2, 0.25) is 0 Å². The first-order valence-electron chi connectivity index (χ1n) is 9.39. The monoisotopic (exact) mass is 360 g/mol. The van der Waals surface area contributed by atoms with E-state index in [-0.39, 0.29) is 6.03 Å². The summed E-state index contributed by atoms with van der Waals surface area (Å²) in [7, 11) is 2.03. The second-order valence-electron chi connectivity index (χ2n) is 6.89. The second kappa shape index (κ2) is 7.66. The van der Waals surface area contributed by atoms with E-state index < -0.39 is 0 Å². The molecule has 0 aliphatic carbocycles. The number of nitrogens with one attached hydrogen (secondary N) is 1. The van der Waals surface area contributed by atoms with Crippen LogP contribution in [-0.2, 0) is 26.4 Å². The number of hydrogen-bond acceptors (Lipinski definition) is 2. The molecule has 0 saturated carbocycles. The van der Waals surface area contributed by atoms with Crippen LogP contribution in [0.3, 0.4) is 0 Å². The smallest absolute Gasteiger partial charge is 0.317 e. The highest BCUT2D eigenvalue weighted by Gasteiger charge is 2.25. The summed E-state index contributed by atoms with van der Waals surface area (Å²) in [5, 5.41) is 3.05. The summed E-state index contributed by atoms with van der Waals surface area (Å²) >= 11 is 0. The maximum atomic E-state index is 12.6. The molecule has 1 aliphatic heterocycles. The van der Waals surface area contributed by atoms with Crippen LogP contribution < -0.4 is 5.32 Å². The Morgan fingerprint density at radius 1 is 1.07 bits per heavy atom. The summed E-state index contributed by atoms with van der Waals surface area (Å²) in [5.74, 6) is 0.965. The zero-order valence-electron chi connectivity index (χ0n) is 15.6. The van der Waals surface area contributed by atoms with E-state index in [0.717, 1.165) is 35.6 Å². The Balaban J connectivity index is 1.40. The number of carbonyl (C=O) groups is 1. The summed E-state index contributed by atoms with van der Waals surface area (Å²) in [6.07, 6.45) is 1.64. The average Bonchev–Trinajstić information content (AvgIpc) is 3.05. The third-order valence-electron chi connectivity index (χ3n) is 5.11. The van der Waals surface area contributed by atoms with Crippen molar-refractivity contribution in [3.63, 3.8) is 0 Å². The third-order valence-corrected chi connectivity index (χ3v) is 5.11. The van der Waals surface area contributed by atoms with Gasteiger partial charge >= 0.3 is 6.03 Å². The van der Waals surface area contributed by atoms with E-state index in [1.54, 1.807) is 0 Å². The van der Waals surface area contributed by atoms with E-state index in [1.807, 2.05) is 48.3 Å². The fourth-order valence-electron chi connectivity index (χ4n) is 3.58. The first-order valence-corrected chi connectivity index (χ1v) is 9.39. The molecule has 0 unspecified atom stereocenters. The molecule has 138 valence electrons. The van der Waals surface area contributed by atoms with Gasteiger partial charge in [0.05, 0.1) is 17.9 Å². The van der Waals surface area contributed by atoms with E-state index in [1.165, 1.54) is 5.56 Å². The lowest BCUT2D eigenvalue weighted by atomic mass is 10.1. The van der Waals surface area contributed by atoms with Gasteiger partial charge < -0.3 is 14.8 Å². The van der Waals surface area contributed by atoms with Gasteiger partial charge in [-0.05, 0) is 12.0 Å². The van der Waals surface area contributed by atoms with E-state index in [2.05, 4.69) is 34.1 Å². The Hall–Kier alpha value is -3.08. The summed E-state index contributed by atoms with van der Waals surface area (Å²) in [4.78, 5) is 19.3. The molecule has 1 N–H and O–H groups in total. The Kier molecular flexibility index (Phi) is 4.92. The van der Waals surface area contributed by atoms with E-state index in [4.69, 9.17) is 4.98 Å². The Morgan fingerprint density at radius 3 is 2.52 bits per heavy atom. The lowest BCUT2D eigenvalue weighted by molar-refractivity contribution is 0.191. The molecule has 0 saturated heterocycles. The summed E-state index contributed by atoms with van der Waals surface area (Å²) in [6, 6.07) is 20.4. The molecule has 5 nitrogen and oxygen atoms in total. The Bertz CT molecular complexity index is 918. The van der Waals surface area contributed by atoms with E-state index in [0.29, 0.717) is 19.6 Å². The van der Waals surface area contributed by atoms with Gasteiger partial charge in [-0.2, -0.15) is 0 Å². The summed E-state index contributed by atoms with van der Waals surface area (Å²) < 4.78 is 2.12. The van der Waals surface area contributed by atoms with Gasteiger partial charge in [-0.1, -0.05) is 60.7 Å². The Morgan fingerprint density at radius 2 is 1.78 bits per heavy atom. The van der Waals surface area contributed by atoms with Crippen LogP contribution in [0.5, 0.6) is 0 Å². The molecule has 1 aromatic heterocycles. The molecule has 2 heterocycles.